The summed E-state index contributed by atoms with van der Waals surface area (Å²) in [5.74, 6) is -0.664. The zero-order valence-corrected chi connectivity index (χ0v) is 8.77. The highest BCUT2D eigenvalue weighted by atomic mass is 19.4. The SMILES string of the molecule is CC(C)CCC(O)C(=O)NCC(F)(F)F. The Morgan fingerprint density at radius 1 is 1.33 bits per heavy atom. The van der Waals surface area contributed by atoms with Gasteiger partial charge in [0.05, 0.1) is 0 Å². The van der Waals surface area contributed by atoms with Gasteiger partial charge in [0.2, 0.25) is 5.91 Å². The maximum absolute atomic E-state index is 11.7. The first-order valence-corrected chi connectivity index (χ1v) is 4.75. The van der Waals surface area contributed by atoms with Crippen molar-refractivity contribution in [3.05, 3.63) is 0 Å². The van der Waals surface area contributed by atoms with Crippen LogP contribution in [0.2, 0.25) is 0 Å². The molecule has 0 aromatic carbocycles. The second-order valence-electron chi connectivity index (χ2n) is 3.82. The molecule has 90 valence electrons. The lowest BCUT2D eigenvalue weighted by Gasteiger charge is -2.13. The molecule has 0 bridgehead atoms. The Kier molecular flexibility index (Phi) is 5.64. The molecule has 0 heterocycles. The summed E-state index contributed by atoms with van der Waals surface area (Å²) >= 11 is 0. The van der Waals surface area contributed by atoms with Crippen molar-refractivity contribution in [2.45, 2.75) is 39.0 Å². The molecule has 2 N–H and O–H groups in total. The van der Waals surface area contributed by atoms with Gasteiger partial charge in [-0.25, -0.2) is 0 Å². The van der Waals surface area contributed by atoms with E-state index in [1.54, 1.807) is 5.32 Å². The van der Waals surface area contributed by atoms with Gasteiger partial charge in [-0.15, -0.1) is 0 Å². The number of aliphatic hydroxyl groups excluding tert-OH is 1. The smallest absolute Gasteiger partial charge is 0.383 e. The van der Waals surface area contributed by atoms with E-state index >= 15 is 0 Å². The van der Waals surface area contributed by atoms with E-state index in [-0.39, 0.29) is 6.42 Å². The minimum Gasteiger partial charge on any atom is -0.383 e. The molecule has 0 aliphatic heterocycles. The first-order chi connectivity index (χ1) is 6.72. The summed E-state index contributed by atoms with van der Waals surface area (Å²) in [5.41, 5.74) is 0. The van der Waals surface area contributed by atoms with Gasteiger partial charge in [-0.3, -0.25) is 4.79 Å². The maximum atomic E-state index is 11.7. The Hall–Kier alpha value is -0.780. The minimum atomic E-state index is -4.44. The number of rotatable bonds is 5. The highest BCUT2D eigenvalue weighted by Gasteiger charge is 2.28. The summed E-state index contributed by atoms with van der Waals surface area (Å²) in [6, 6.07) is 0. The topological polar surface area (TPSA) is 49.3 Å². The summed E-state index contributed by atoms with van der Waals surface area (Å²) in [5, 5.41) is 10.8. The van der Waals surface area contributed by atoms with Crippen molar-refractivity contribution in [1.29, 1.82) is 0 Å². The minimum absolute atomic E-state index is 0.182. The van der Waals surface area contributed by atoms with Crippen molar-refractivity contribution in [3.63, 3.8) is 0 Å². The molecule has 0 aliphatic carbocycles. The van der Waals surface area contributed by atoms with Gasteiger partial charge in [0.15, 0.2) is 0 Å². The normalized spacial score (nSPS) is 14.1. The average molecular weight is 227 g/mol. The van der Waals surface area contributed by atoms with Crippen LogP contribution >= 0.6 is 0 Å². The highest BCUT2D eigenvalue weighted by molar-refractivity contribution is 5.80. The average Bonchev–Trinajstić information content (AvgIpc) is 2.08. The first-order valence-electron chi connectivity index (χ1n) is 4.75. The van der Waals surface area contributed by atoms with E-state index in [0.29, 0.717) is 12.3 Å². The lowest BCUT2D eigenvalue weighted by atomic mass is 10.0. The second kappa shape index (κ2) is 5.95. The summed E-state index contributed by atoms with van der Waals surface area (Å²) in [7, 11) is 0. The number of halogens is 3. The van der Waals surface area contributed by atoms with Crippen molar-refractivity contribution in [1.82, 2.24) is 5.32 Å². The monoisotopic (exact) mass is 227 g/mol. The van der Waals surface area contributed by atoms with Crippen LogP contribution in [0.25, 0.3) is 0 Å². The summed E-state index contributed by atoms with van der Waals surface area (Å²) < 4.78 is 35.1. The predicted octanol–water partition coefficient (Wildman–Crippen LogP) is 1.46. The van der Waals surface area contributed by atoms with Gasteiger partial charge in [0.1, 0.15) is 12.6 Å². The van der Waals surface area contributed by atoms with E-state index in [4.69, 9.17) is 0 Å². The van der Waals surface area contributed by atoms with Crippen molar-refractivity contribution in [2.75, 3.05) is 6.54 Å². The van der Waals surface area contributed by atoms with Crippen LogP contribution in [-0.2, 0) is 4.79 Å². The highest BCUT2D eigenvalue weighted by Crippen LogP contribution is 2.12. The van der Waals surface area contributed by atoms with Gasteiger partial charge in [-0.1, -0.05) is 13.8 Å². The van der Waals surface area contributed by atoms with Crippen molar-refractivity contribution in [2.24, 2.45) is 5.92 Å². The third-order valence-corrected chi connectivity index (χ3v) is 1.78. The molecule has 1 unspecified atom stereocenters. The molecule has 0 radical (unpaired) electrons. The second-order valence-corrected chi connectivity index (χ2v) is 3.82. The molecule has 3 nitrogen and oxygen atoms in total. The molecular weight excluding hydrogens is 211 g/mol. The summed E-state index contributed by atoms with van der Waals surface area (Å²) in [6.45, 7) is 2.41. The van der Waals surface area contributed by atoms with Crippen LogP contribution in [0.4, 0.5) is 13.2 Å². The molecule has 0 aromatic rings. The lowest BCUT2D eigenvalue weighted by Crippen LogP contribution is -2.40. The number of carbonyl (C=O) groups excluding carboxylic acids is 1. The van der Waals surface area contributed by atoms with Gasteiger partial charge >= 0.3 is 6.18 Å². The third-order valence-electron chi connectivity index (χ3n) is 1.78. The number of hydrogen-bond donors (Lipinski definition) is 2. The zero-order chi connectivity index (χ0) is 12.1. The zero-order valence-electron chi connectivity index (χ0n) is 8.77. The van der Waals surface area contributed by atoms with Gasteiger partial charge in [-0.2, -0.15) is 13.2 Å². The molecule has 0 saturated carbocycles. The molecule has 0 fully saturated rings. The number of hydrogen-bond acceptors (Lipinski definition) is 2. The Balaban J connectivity index is 3.80. The van der Waals surface area contributed by atoms with Crippen LogP contribution < -0.4 is 5.32 Å². The summed E-state index contributed by atoms with van der Waals surface area (Å²) in [6.07, 6.45) is -5.01. The first kappa shape index (κ1) is 14.2. The van der Waals surface area contributed by atoms with E-state index in [0.717, 1.165) is 0 Å². The molecule has 15 heavy (non-hydrogen) atoms. The van der Waals surface area contributed by atoms with Gasteiger partial charge in [0, 0.05) is 0 Å². The van der Waals surface area contributed by atoms with Gasteiger partial charge in [0.25, 0.3) is 0 Å². The molecule has 1 amide bonds. The number of amides is 1. The number of carbonyl (C=O) groups is 1. The van der Waals surface area contributed by atoms with Crippen LogP contribution in [-0.4, -0.2) is 29.8 Å². The maximum Gasteiger partial charge on any atom is 0.405 e. The van der Waals surface area contributed by atoms with E-state index in [1.807, 2.05) is 13.8 Å². The quantitative estimate of drug-likeness (QED) is 0.747. The van der Waals surface area contributed by atoms with Crippen molar-refractivity contribution >= 4 is 5.91 Å². The summed E-state index contributed by atoms with van der Waals surface area (Å²) in [4.78, 5) is 10.9. The Morgan fingerprint density at radius 3 is 2.27 bits per heavy atom. The molecule has 0 spiro atoms. The number of nitrogens with one attached hydrogen (secondary N) is 1. The van der Waals surface area contributed by atoms with Crippen molar-refractivity contribution in [3.8, 4) is 0 Å². The van der Waals surface area contributed by atoms with Crippen LogP contribution in [0.5, 0.6) is 0 Å². The number of aliphatic hydroxyl groups is 1. The van der Waals surface area contributed by atoms with Crippen LogP contribution in [0.15, 0.2) is 0 Å². The molecule has 6 heteroatoms. The van der Waals surface area contributed by atoms with E-state index in [1.165, 1.54) is 0 Å². The van der Waals surface area contributed by atoms with Gasteiger partial charge < -0.3 is 10.4 Å². The molecule has 0 rings (SSSR count). The standard InChI is InChI=1S/C9H16F3NO2/c1-6(2)3-4-7(14)8(15)13-5-9(10,11)12/h6-7,14H,3-5H2,1-2H3,(H,13,15). The largest absolute Gasteiger partial charge is 0.405 e. The fraction of sp³-hybridized carbons (Fsp3) is 0.889. The molecular formula is C9H16F3NO2. The van der Waals surface area contributed by atoms with Crippen LogP contribution in [0, 0.1) is 5.92 Å². The molecule has 0 aromatic heterocycles. The lowest BCUT2D eigenvalue weighted by molar-refractivity contribution is -0.143. The number of alkyl halides is 3. The van der Waals surface area contributed by atoms with E-state index in [9.17, 15) is 23.1 Å². The third kappa shape index (κ3) is 8.23. The Labute approximate surface area is 86.7 Å². The molecule has 0 aliphatic rings. The van der Waals surface area contributed by atoms with Crippen molar-refractivity contribution < 1.29 is 23.1 Å². The van der Waals surface area contributed by atoms with Gasteiger partial charge in [-0.05, 0) is 18.8 Å². The van der Waals surface area contributed by atoms with Crippen LogP contribution in [0.1, 0.15) is 26.7 Å². The fourth-order valence-corrected chi connectivity index (χ4v) is 0.927. The molecule has 0 saturated heterocycles. The Morgan fingerprint density at radius 2 is 1.87 bits per heavy atom. The van der Waals surface area contributed by atoms with E-state index < -0.39 is 24.7 Å². The fourth-order valence-electron chi connectivity index (χ4n) is 0.927. The Bertz CT molecular complexity index is 204. The predicted molar refractivity (Wildman–Crippen MR) is 49.1 cm³/mol. The van der Waals surface area contributed by atoms with Crippen LogP contribution in [0.3, 0.4) is 0 Å². The van der Waals surface area contributed by atoms with E-state index in [2.05, 4.69) is 0 Å². The molecule has 1 atom stereocenters.